The van der Waals surface area contributed by atoms with Crippen molar-refractivity contribution in [3.8, 4) is 0 Å². The van der Waals surface area contributed by atoms with Gasteiger partial charge in [-0.05, 0) is 37.3 Å². The minimum Gasteiger partial charge on any atom is -0.377 e. The number of hydrogen-bond acceptors (Lipinski definition) is 2. The van der Waals surface area contributed by atoms with Crippen LogP contribution in [-0.2, 0) is 6.18 Å². The molecule has 20 heavy (non-hydrogen) atoms. The molecule has 106 valence electrons. The van der Waals surface area contributed by atoms with Crippen LogP contribution in [-0.4, -0.2) is 4.98 Å². The number of nitrogens with one attached hydrogen (secondary N) is 1. The van der Waals surface area contributed by atoms with E-state index in [1.54, 1.807) is 18.3 Å². The number of pyridine rings is 1. The van der Waals surface area contributed by atoms with Crippen molar-refractivity contribution >= 4 is 21.6 Å². The topological polar surface area (TPSA) is 24.9 Å². The third kappa shape index (κ3) is 3.50. The van der Waals surface area contributed by atoms with Crippen LogP contribution in [0.15, 0.2) is 47.1 Å². The van der Waals surface area contributed by atoms with E-state index >= 15 is 0 Å². The van der Waals surface area contributed by atoms with Gasteiger partial charge >= 0.3 is 6.18 Å². The van der Waals surface area contributed by atoms with E-state index in [-0.39, 0.29) is 10.5 Å². The highest BCUT2D eigenvalue weighted by Crippen LogP contribution is 2.36. The van der Waals surface area contributed by atoms with E-state index in [1.807, 2.05) is 19.1 Å². The molecule has 1 N–H and O–H groups in total. The summed E-state index contributed by atoms with van der Waals surface area (Å²) >= 11 is 2.92. The van der Waals surface area contributed by atoms with Crippen molar-refractivity contribution in [2.75, 3.05) is 5.32 Å². The molecular formula is C14H12BrF3N2. The second-order valence-electron chi connectivity index (χ2n) is 4.31. The van der Waals surface area contributed by atoms with Gasteiger partial charge in [-0.3, -0.25) is 4.98 Å². The van der Waals surface area contributed by atoms with Crippen molar-refractivity contribution in [3.05, 3.63) is 58.3 Å². The maximum atomic E-state index is 12.8. The Morgan fingerprint density at radius 3 is 2.55 bits per heavy atom. The Labute approximate surface area is 123 Å². The van der Waals surface area contributed by atoms with Gasteiger partial charge in [0.1, 0.15) is 0 Å². The van der Waals surface area contributed by atoms with E-state index < -0.39 is 11.7 Å². The standard InChI is InChI=1S/C14H12BrF3N2/c1-9(13-4-2-3-7-19-13)20-10-5-6-12(15)11(8-10)14(16,17)18/h2-9,20H,1H3. The number of aromatic nitrogens is 1. The van der Waals surface area contributed by atoms with Crippen molar-refractivity contribution in [1.29, 1.82) is 0 Å². The summed E-state index contributed by atoms with van der Waals surface area (Å²) < 4.78 is 38.5. The number of hydrogen-bond donors (Lipinski definition) is 1. The molecule has 0 spiro atoms. The van der Waals surface area contributed by atoms with Crippen LogP contribution in [0.1, 0.15) is 24.2 Å². The van der Waals surface area contributed by atoms with E-state index in [0.29, 0.717) is 5.69 Å². The first kappa shape index (κ1) is 14.8. The number of nitrogens with zero attached hydrogens (tertiary/aromatic N) is 1. The Balaban J connectivity index is 2.22. The molecule has 0 saturated heterocycles. The molecule has 0 bridgehead atoms. The molecule has 1 aromatic heterocycles. The molecule has 0 radical (unpaired) electrons. The summed E-state index contributed by atoms with van der Waals surface area (Å²) in [6, 6.07) is 9.33. The lowest BCUT2D eigenvalue weighted by molar-refractivity contribution is -0.138. The molecule has 1 heterocycles. The van der Waals surface area contributed by atoms with Gasteiger partial charge in [0, 0.05) is 16.4 Å². The van der Waals surface area contributed by atoms with Gasteiger partial charge in [0.2, 0.25) is 0 Å². The van der Waals surface area contributed by atoms with E-state index in [0.717, 1.165) is 11.8 Å². The summed E-state index contributed by atoms with van der Waals surface area (Å²) in [5.74, 6) is 0. The van der Waals surface area contributed by atoms with Crippen molar-refractivity contribution in [2.24, 2.45) is 0 Å². The van der Waals surface area contributed by atoms with Crippen molar-refractivity contribution in [1.82, 2.24) is 4.98 Å². The highest BCUT2D eigenvalue weighted by Gasteiger charge is 2.33. The van der Waals surface area contributed by atoms with Crippen molar-refractivity contribution < 1.29 is 13.2 Å². The monoisotopic (exact) mass is 344 g/mol. The molecular weight excluding hydrogens is 333 g/mol. The van der Waals surface area contributed by atoms with Crippen LogP contribution in [0.5, 0.6) is 0 Å². The van der Waals surface area contributed by atoms with E-state index in [1.165, 1.54) is 6.07 Å². The molecule has 0 amide bonds. The summed E-state index contributed by atoms with van der Waals surface area (Å²) in [6.45, 7) is 1.84. The van der Waals surface area contributed by atoms with Crippen LogP contribution in [0.4, 0.5) is 18.9 Å². The summed E-state index contributed by atoms with van der Waals surface area (Å²) in [7, 11) is 0. The van der Waals surface area contributed by atoms with Crippen molar-refractivity contribution in [3.63, 3.8) is 0 Å². The minimum atomic E-state index is -4.38. The van der Waals surface area contributed by atoms with Crippen LogP contribution in [0, 0.1) is 0 Å². The van der Waals surface area contributed by atoms with Gasteiger partial charge in [0.15, 0.2) is 0 Å². The van der Waals surface area contributed by atoms with Gasteiger partial charge in [-0.2, -0.15) is 13.2 Å². The Morgan fingerprint density at radius 2 is 1.95 bits per heavy atom. The minimum absolute atomic E-state index is 0.0287. The Hall–Kier alpha value is -1.56. The number of anilines is 1. The van der Waals surface area contributed by atoms with Crippen LogP contribution in [0.3, 0.4) is 0 Å². The number of benzene rings is 1. The molecule has 2 aromatic rings. The predicted molar refractivity (Wildman–Crippen MR) is 75.4 cm³/mol. The van der Waals surface area contributed by atoms with Gasteiger partial charge in [-0.25, -0.2) is 0 Å². The first-order chi connectivity index (χ1) is 9.38. The molecule has 2 nitrogen and oxygen atoms in total. The average Bonchev–Trinajstić information content (AvgIpc) is 2.40. The molecule has 0 aliphatic rings. The zero-order valence-electron chi connectivity index (χ0n) is 10.6. The van der Waals surface area contributed by atoms with Crippen LogP contribution < -0.4 is 5.32 Å². The number of alkyl halides is 3. The molecule has 0 saturated carbocycles. The lowest BCUT2D eigenvalue weighted by Crippen LogP contribution is -2.11. The maximum absolute atomic E-state index is 12.8. The largest absolute Gasteiger partial charge is 0.417 e. The zero-order valence-corrected chi connectivity index (χ0v) is 12.2. The second-order valence-corrected chi connectivity index (χ2v) is 5.17. The Morgan fingerprint density at radius 1 is 1.20 bits per heavy atom. The first-order valence-electron chi connectivity index (χ1n) is 5.92. The molecule has 1 aromatic carbocycles. The fraction of sp³-hybridized carbons (Fsp3) is 0.214. The molecule has 1 unspecified atom stereocenters. The van der Waals surface area contributed by atoms with Crippen LogP contribution in [0.2, 0.25) is 0 Å². The Kier molecular flexibility index (Phi) is 4.32. The van der Waals surface area contributed by atoms with Gasteiger partial charge in [-0.1, -0.05) is 22.0 Å². The molecule has 2 rings (SSSR count). The highest BCUT2D eigenvalue weighted by molar-refractivity contribution is 9.10. The van der Waals surface area contributed by atoms with Gasteiger partial charge in [0.05, 0.1) is 17.3 Å². The number of rotatable bonds is 3. The smallest absolute Gasteiger partial charge is 0.377 e. The Bertz CT molecular complexity index is 585. The summed E-state index contributed by atoms with van der Waals surface area (Å²) in [5, 5.41) is 3.01. The van der Waals surface area contributed by atoms with Crippen LogP contribution in [0.25, 0.3) is 0 Å². The third-order valence-electron chi connectivity index (χ3n) is 2.79. The number of halogens is 4. The zero-order chi connectivity index (χ0) is 14.8. The lowest BCUT2D eigenvalue weighted by Gasteiger charge is -2.17. The second kappa shape index (κ2) is 5.83. The summed E-state index contributed by atoms with van der Waals surface area (Å²) in [5.41, 5.74) is 0.471. The van der Waals surface area contributed by atoms with E-state index in [2.05, 4.69) is 26.2 Å². The van der Waals surface area contributed by atoms with Crippen LogP contribution >= 0.6 is 15.9 Å². The SMILES string of the molecule is CC(Nc1ccc(Br)c(C(F)(F)F)c1)c1ccccn1. The van der Waals surface area contributed by atoms with Gasteiger partial charge < -0.3 is 5.32 Å². The fourth-order valence-corrected chi connectivity index (χ4v) is 2.26. The lowest BCUT2D eigenvalue weighted by atomic mass is 10.1. The van der Waals surface area contributed by atoms with Gasteiger partial charge in [0.25, 0.3) is 0 Å². The molecule has 0 aliphatic heterocycles. The highest BCUT2D eigenvalue weighted by atomic mass is 79.9. The van der Waals surface area contributed by atoms with Gasteiger partial charge in [-0.15, -0.1) is 0 Å². The normalized spacial score (nSPS) is 13.1. The summed E-state index contributed by atoms with van der Waals surface area (Å²) in [4.78, 5) is 4.17. The quantitative estimate of drug-likeness (QED) is 0.843. The molecule has 6 heteroatoms. The molecule has 0 aliphatic carbocycles. The predicted octanol–water partition coefficient (Wildman–Crippen LogP) is 5.04. The van der Waals surface area contributed by atoms with Crippen molar-refractivity contribution in [2.45, 2.75) is 19.1 Å². The molecule has 1 atom stereocenters. The van der Waals surface area contributed by atoms with E-state index in [9.17, 15) is 13.2 Å². The van der Waals surface area contributed by atoms with E-state index in [4.69, 9.17) is 0 Å². The summed E-state index contributed by atoms with van der Waals surface area (Å²) in [6.07, 6.45) is -2.74. The average molecular weight is 345 g/mol. The maximum Gasteiger partial charge on any atom is 0.417 e. The molecule has 0 fully saturated rings. The third-order valence-corrected chi connectivity index (χ3v) is 3.48. The fourth-order valence-electron chi connectivity index (χ4n) is 1.79. The first-order valence-corrected chi connectivity index (χ1v) is 6.71.